The molecule has 0 unspecified atom stereocenters. The molecular formula is C14H12OS. The smallest absolute Gasteiger partial charge is 0.193 e. The van der Waals surface area contributed by atoms with Crippen molar-refractivity contribution in [3.8, 4) is 0 Å². The molecule has 0 amide bonds. The minimum atomic E-state index is 0.00569. The van der Waals surface area contributed by atoms with Gasteiger partial charge in [-0.15, -0.1) is 11.3 Å². The lowest BCUT2D eigenvalue weighted by Crippen LogP contribution is -2.00. The van der Waals surface area contributed by atoms with E-state index < -0.39 is 0 Å². The summed E-state index contributed by atoms with van der Waals surface area (Å²) in [4.78, 5) is 13.1. The highest BCUT2D eigenvalue weighted by molar-refractivity contribution is 7.11. The minimum Gasteiger partial charge on any atom is -0.289 e. The number of ketones is 1. The average molecular weight is 228 g/mol. The zero-order chi connectivity index (χ0) is 11.5. The van der Waals surface area contributed by atoms with Crippen LogP contribution < -0.4 is 0 Å². The largest absolute Gasteiger partial charge is 0.289 e. The van der Waals surface area contributed by atoms with Gasteiger partial charge in [0.25, 0.3) is 0 Å². The van der Waals surface area contributed by atoms with Crippen LogP contribution in [-0.4, -0.2) is 5.78 Å². The first-order valence-corrected chi connectivity index (χ1v) is 5.91. The monoisotopic (exact) mass is 228 g/mol. The fourth-order valence-electron chi connectivity index (χ4n) is 1.55. The van der Waals surface area contributed by atoms with E-state index in [1.165, 1.54) is 0 Å². The van der Waals surface area contributed by atoms with Crippen molar-refractivity contribution in [1.82, 2.24) is 0 Å². The summed E-state index contributed by atoms with van der Waals surface area (Å²) in [5, 5.41) is 1.98. The second-order valence-electron chi connectivity index (χ2n) is 3.61. The number of hydrogen-bond acceptors (Lipinski definition) is 2. The maximum Gasteiger partial charge on any atom is 0.193 e. The van der Waals surface area contributed by atoms with Crippen molar-refractivity contribution in [2.45, 2.75) is 6.92 Å². The Bertz CT molecular complexity index is 523. The summed E-state index contributed by atoms with van der Waals surface area (Å²) in [5.74, 6) is 0.00569. The van der Waals surface area contributed by atoms with Crippen LogP contribution in [0.4, 0.5) is 0 Å². The molecule has 16 heavy (non-hydrogen) atoms. The fourth-order valence-corrected chi connectivity index (χ4v) is 2.45. The Morgan fingerprint density at radius 1 is 1.19 bits per heavy atom. The summed E-state index contributed by atoms with van der Waals surface area (Å²) in [6.07, 6.45) is 0. The molecule has 2 aromatic rings. The number of Topliss-reactive ketones (excluding diaryl/α,β-unsaturated/α-hetero) is 1. The van der Waals surface area contributed by atoms with E-state index in [-0.39, 0.29) is 5.78 Å². The molecule has 0 saturated carbocycles. The standard InChI is InChI=1S/C14H12OS/c1-10-8-9-16-14(10)11(2)13(15)12-6-4-3-5-7-12/h3-9H,2H2,1H3. The van der Waals surface area contributed by atoms with Gasteiger partial charge in [0, 0.05) is 16.0 Å². The summed E-state index contributed by atoms with van der Waals surface area (Å²) in [6, 6.07) is 11.3. The topological polar surface area (TPSA) is 17.1 Å². The maximum absolute atomic E-state index is 12.1. The van der Waals surface area contributed by atoms with Gasteiger partial charge in [-0.3, -0.25) is 4.79 Å². The summed E-state index contributed by atoms with van der Waals surface area (Å²) < 4.78 is 0. The third kappa shape index (κ3) is 1.97. The molecule has 0 N–H and O–H groups in total. The molecule has 1 aromatic carbocycles. The highest BCUT2D eigenvalue weighted by Gasteiger charge is 2.14. The van der Waals surface area contributed by atoms with Gasteiger partial charge in [0.15, 0.2) is 5.78 Å². The third-order valence-electron chi connectivity index (χ3n) is 2.45. The maximum atomic E-state index is 12.1. The Balaban J connectivity index is 2.31. The SMILES string of the molecule is C=C(C(=O)c1ccccc1)c1sccc1C. The van der Waals surface area contributed by atoms with E-state index in [9.17, 15) is 4.79 Å². The average Bonchev–Trinajstić information content (AvgIpc) is 2.75. The Morgan fingerprint density at radius 2 is 1.88 bits per heavy atom. The zero-order valence-electron chi connectivity index (χ0n) is 9.07. The molecule has 0 aliphatic heterocycles. The number of rotatable bonds is 3. The molecule has 0 fully saturated rings. The Hall–Kier alpha value is -1.67. The van der Waals surface area contributed by atoms with Crippen LogP contribution in [0.5, 0.6) is 0 Å². The molecule has 1 aromatic heterocycles. The molecule has 0 atom stereocenters. The second kappa shape index (κ2) is 4.45. The quantitative estimate of drug-likeness (QED) is 0.574. The van der Waals surface area contributed by atoms with Crippen LogP contribution in [0.2, 0.25) is 0 Å². The van der Waals surface area contributed by atoms with E-state index in [0.29, 0.717) is 11.1 Å². The van der Waals surface area contributed by atoms with Crippen molar-refractivity contribution < 1.29 is 4.79 Å². The number of aryl methyl sites for hydroxylation is 1. The summed E-state index contributed by atoms with van der Waals surface area (Å²) in [6.45, 7) is 5.89. The van der Waals surface area contributed by atoms with Gasteiger partial charge < -0.3 is 0 Å². The fraction of sp³-hybridized carbons (Fsp3) is 0.0714. The van der Waals surface area contributed by atoms with Crippen LogP contribution >= 0.6 is 11.3 Å². The Labute approximate surface area is 99.1 Å². The van der Waals surface area contributed by atoms with Crippen LogP contribution in [0.1, 0.15) is 20.8 Å². The van der Waals surface area contributed by atoms with E-state index in [1.807, 2.05) is 48.7 Å². The van der Waals surface area contributed by atoms with Crippen molar-refractivity contribution in [3.05, 3.63) is 64.4 Å². The predicted octanol–water partition coefficient (Wildman–Crippen LogP) is 3.95. The first-order chi connectivity index (χ1) is 7.70. The van der Waals surface area contributed by atoms with E-state index >= 15 is 0 Å². The molecule has 2 rings (SSSR count). The Morgan fingerprint density at radius 3 is 2.44 bits per heavy atom. The second-order valence-corrected chi connectivity index (χ2v) is 4.52. The molecule has 0 aliphatic carbocycles. The van der Waals surface area contributed by atoms with E-state index in [2.05, 4.69) is 6.58 Å². The van der Waals surface area contributed by atoms with Crippen molar-refractivity contribution in [1.29, 1.82) is 0 Å². The van der Waals surface area contributed by atoms with Crippen LogP contribution in [-0.2, 0) is 0 Å². The van der Waals surface area contributed by atoms with Gasteiger partial charge in [-0.25, -0.2) is 0 Å². The lowest BCUT2D eigenvalue weighted by molar-refractivity contribution is 0.105. The van der Waals surface area contributed by atoms with Gasteiger partial charge in [0.2, 0.25) is 0 Å². The Kier molecular flexibility index (Phi) is 3.02. The molecule has 80 valence electrons. The van der Waals surface area contributed by atoms with Crippen molar-refractivity contribution in [3.63, 3.8) is 0 Å². The van der Waals surface area contributed by atoms with Crippen LogP contribution in [0.15, 0.2) is 48.4 Å². The molecule has 0 radical (unpaired) electrons. The van der Waals surface area contributed by atoms with Crippen LogP contribution in [0, 0.1) is 6.92 Å². The van der Waals surface area contributed by atoms with Crippen molar-refractivity contribution in [2.75, 3.05) is 0 Å². The number of hydrogen-bond donors (Lipinski definition) is 0. The van der Waals surface area contributed by atoms with Gasteiger partial charge in [0.05, 0.1) is 0 Å². The normalized spacial score (nSPS) is 10.1. The summed E-state index contributed by atoms with van der Waals surface area (Å²) in [5.41, 5.74) is 2.39. The van der Waals surface area contributed by atoms with E-state index in [4.69, 9.17) is 0 Å². The molecule has 0 bridgehead atoms. The molecule has 1 nitrogen and oxygen atoms in total. The molecule has 0 aliphatic rings. The van der Waals surface area contributed by atoms with Gasteiger partial charge in [-0.05, 0) is 23.9 Å². The van der Waals surface area contributed by atoms with Gasteiger partial charge in [-0.1, -0.05) is 36.9 Å². The number of carbonyl (C=O) groups is 1. The number of carbonyl (C=O) groups excluding carboxylic acids is 1. The molecular weight excluding hydrogens is 216 g/mol. The molecule has 0 saturated heterocycles. The molecule has 1 heterocycles. The van der Waals surface area contributed by atoms with Crippen molar-refractivity contribution >= 4 is 22.7 Å². The summed E-state index contributed by atoms with van der Waals surface area (Å²) >= 11 is 1.56. The minimum absolute atomic E-state index is 0.00569. The predicted molar refractivity (Wildman–Crippen MR) is 68.9 cm³/mol. The number of allylic oxidation sites excluding steroid dienone is 1. The lowest BCUT2D eigenvalue weighted by Gasteiger charge is -2.03. The molecule has 0 spiro atoms. The van der Waals surface area contributed by atoms with Gasteiger partial charge in [0.1, 0.15) is 0 Å². The zero-order valence-corrected chi connectivity index (χ0v) is 9.88. The van der Waals surface area contributed by atoms with E-state index in [1.54, 1.807) is 11.3 Å². The molecule has 2 heteroatoms. The third-order valence-corrected chi connectivity index (χ3v) is 3.52. The first-order valence-electron chi connectivity index (χ1n) is 5.03. The van der Waals surface area contributed by atoms with Crippen LogP contribution in [0.25, 0.3) is 5.57 Å². The van der Waals surface area contributed by atoms with Gasteiger partial charge >= 0.3 is 0 Å². The number of benzene rings is 1. The lowest BCUT2D eigenvalue weighted by atomic mass is 10.0. The highest BCUT2D eigenvalue weighted by Crippen LogP contribution is 2.26. The highest BCUT2D eigenvalue weighted by atomic mass is 32.1. The summed E-state index contributed by atoms with van der Waals surface area (Å²) in [7, 11) is 0. The van der Waals surface area contributed by atoms with E-state index in [0.717, 1.165) is 10.4 Å². The van der Waals surface area contributed by atoms with Gasteiger partial charge in [-0.2, -0.15) is 0 Å². The first kappa shape index (κ1) is 10.8. The van der Waals surface area contributed by atoms with Crippen molar-refractivity contribution in [2.24, 2.45) is 0 Å². The number of thiophene rings is 1. The van der Waals surface area contributed by atoms with Crippen LogP contribution in [0.3, 0.4) is 0 Å².